The van der Waals surface area contributed by atoms with Crippen molar-refractivity contribution in [1.82, 2.24) is 14.7 Å². The van der Waals surface area contributed by atoms with E-state index in [2.05, 4.69) is 21.7 Å². The Hall–Kier alpha value is -1.83. The molecule has 0 spiro atoms. The number of aromatic hydroxyl groups is 1. The van der Waals surface area contributed by atoms with E-state index in [9.17, 15) is 9.90 Å². The van der Waals surface area contributed by atoms with Crippen LogP contribution in [0.2, 0.25) is 0 Å². The van der Waals surface area contributed by atoms with Gasteiger partial charge in [-0.25, -0.2) is 0 Å². The highest BCUT2D eigenvalue weighted by molar-refractivity contribution is 5.69. The maximum absolute atomic E-state index is 11.8. The summed E-state index contributed by atoms with van der Waals surface area (Å²) in [6.07, 6.45) is 2.45. The topological polar surface area (TPSA) is 65.5 Å². The Balaban J connectivity index is 1.65. The van der Waals surface area contributed by atoms with E-state index in [0.717, 1.165) is 64.2 Å². The Kier molecular flexibility index (Phi) is 7.75. The molecule has 0 aromatic heterocycles. The van der Waals surface area contributed by atoms with Gasteiger partial charge in [0.2, 0.25) is 0 Å². The van der Waals surface area contributed by atoms with Crippen LogP contribution in [0.15, 0.2) is 18.2 Å². The largest absolute Gasteiger partial charge is 0.504 e. The van der Waals surface area contributed by atoms with Gasteiger partial charge in [0.05, 0.1) is 14.2 Å². The first kappa shape index (κ1) is 21.9. The molecule has 2 saturated heterocycles. The van der Waals surface area contributed by atoms with E-state index < -0.39 is 0 Å². The highest BCUT2D eigenvalue weighted by atomic mass is 16.5. The fourth-order valence-corrected chi connectivity index (χ4v) is 4.64. The molecule has 3 rings (SSSR count). The van der Waals surface area contributed by atoms with Gasteiger partial charge in [-0.3, -0.25) is 14.6 Å². The van der Waals surface area contributed by atoms with Crippen molar-refractivity contribution in [2.75, 3.05) is 60.5 Å². The van der Waals surface area contributed by atoms with Gasteiger partial charge in [0, 0.05) is 51.7 Å². The second kappa shape index (κ2) is 10.3. The second-order valence-electron chi connectivity index (χ2n) is 8.31. The highest BCUT2D eigenvalue weighted by Gasteiger charge is 2.34. The molecule has 162 valence electrons. The number of methoxy groups -OCH3 is 2. The predicted molar refractivity (Wildman–Crippen MR) is 112 cm³/mol. The summed E-state index contributed by atoms with van der Waals surface area (Å²) in [5.74, 6) is 1.01. The fourth-order valence-electron chi connectivity index (χ4n) is 4.64. The summed E-state index contributed by atoms with van der Waals surface area (Å²) in [5.41, 5.74) is 1.13. The number of benzene rings is 1. The van der Waals surface area contributed by atoms with Crippen LogP contribution in [-0.4, -0.2) is 92.4 Å². The molecule has 7 heteroatoms. The molecule has 1 aromatic carbocycles. The van der Waals surface area contributed by atoms with E-state index in [4.69, 9.17) is 9.47 Å². The maximum Gasteiger partial charge on any atom is 0.305 e. The average molecular weight is 406 g/mol. The number of ether oxygens (including phenoxy) is 2. The molecule has 2 fully saturated rings. The van der Waals surface area contributed by atoms with Crippen LogP contribution in [-0.2, 0) is 16.1 Å². The minimum atomic E-state index is -0.123. The van der Waals surface area contributed by atoms with Gasteiger partial charge < -0.3 is 19.5 Å². The first-order valence-corrected chi connectivity index (χ1v) is 10.6. The van der Waals surface area contributed by atoms with Crippen LogP contribution in [0.4, 0.5) is 0 Å². The molecule has 29 heavy (non-hydrogen) atoms. The summed E-state index contributed by atoms with van der Waals surface area (Å²) in [7, 11) is 5.22. The van der Waals surface area contributed by atoms with Crippen molar-refractivity contribution < 1.29 is 19.4 Å². The fraction of sp³-hybridized carbons (Fsp3) is 0.682. The molecule has 2 atom stereocenters. The SMILES string of the molecule is COC(=O)CC[C@H]1CN(Cc2ccc(O)c(OC)c2)CC[C@H]1N1CCN(C)CC1. The van der Waals surface area contributed by atoms with E-state index in [1.807, 2.05) is 12.1 Å². The van der Waals surface area contributed by atoms with Gasteiger partial charge in [0.25, 0.3) is 0 Å². The van der Waals surface area contributed by atoms with Crippen molar-refractivity contribution in [3.8, 4) is 11.5 Å². The Labute approximate surface area is 174 Å². The summed E-state index contributed by atoms with van der Waals surface area (Å²) in [4.78, 5) is 19.2. The van der Waals surface area contributed by atoms with E-state index in [-0.39, 0.29) is 11.7 Å². The number of hydrogen-bond acceptors (Lipinski definition) is 7. The summed E-state index contributed by atoms with van der Waals surface area (Å²) in [5, 5.41) is 9.83. The van der Waals surface area contributed by atoms with E-state index in [0.29, 0.717) is 24.1 Å². The monoisotopic (exact) mass is 405 g/mol. The molecule has 0 amide bonds. The van der Waals surface area contributed by atoms with Crippen LogP contribution in [0.25, 0.3) is 0 Å². The average Bonchev–Trinajstić information content (AvgIpc) is 2.74. The zero-order chi connectivity index (χ0) is 20.8. The molecule has 2 aliphatic rings. The number of piperidine rings is 1. The van der Waals surface area contributed by atoms with Crippen molar-refractivity contribution >= 4 is 5.97 Å². The van der Waals surface area contributed by atoms with E-state index in [1.54, 1.807) is 13.2 Å². The van der Waals surface area contributed by atoms with Crippen LogP contribution in [0, 0.1) is 5.92 Å². The van der Waals surface area contributed by atoms with Gasteiger partial charge in [0.15, 0.2) is 11.5 Å². The molecule has 2 heterocycles. The molecule has 0 aliphatic carbocycles. The van der Waals surface area contributed by atoms with Crippen LogP contribution in [0.5, 0.6) is 11.5 Å². The molecule has 0 bridgehead atoms. The Morgan fingerprint density at radius 1 is 1.17 bits per heavy atom. The Morgan fingerprint density at radius 2 is 1.93 bits per heavy atom. The summed E-state index contributed by atoms with van der Waals surface area (Å²) >= 11 is 0. The molecule has 7 nitrogen and oxygen atoms in total. The number of carbonyl (C=O) groups is 1. The van der Waals surface area contributed by atoms with Gasteiger partial charge in [0.1, 0.15) is 0 Å². The summed E-state index contributed by atoms with van der Waals surface area (Å²) in [6, 6.07) is 6.08. The molecule has 1 N–H and O–H groups in total. The third-order valence-electron chi connectivity index (χ3n) is 6.38. The lowest BCUT2D eigenvalue weighted by molar-refractivity contribution is -0.141. The van der Waals surface area contributed by atoms with Gasteiger partial charge in [-0.2, -0.15) is 0 Å². The van der Waals surface area contributed by atoms with Crippen molar-refractivity contribution in [1.29, 1.82) is 0 Å². The molecule has 2 aliphatic heterocycles. The standard InChI is InChI=1S/C22H35N3O4/c1-23-10-12-25(13-11-23)19-8-9-24(16-18(19)5-7-22(27)29-3)15-17-4-6-20(26)21(14-17)28-2/h4,6,14,18-19,26H,5,7-13,15-16H2,1-3H3/t18-,19+/m0/s1. The smallest absolute Gasteiger partial charge is 0.305 e. The molecule has 0 radical (unpaired) electrons. The third-order valence-corrected chi connectivity index (χ3v) is 6.38. The lowest BCUT2D eigenvalue weighted by Crippen LogP contribution is -2.56. The number of piperazine rings is 1. The Morgan fingerprint density at radius 3 is 2.62 bits per heavy atom. The normalized spacial score (nSPS) is 24.4. The maximum atomic E-state index is 11.8. The summed E-state index contributed by atoms with van der Waals surface area (Å²) in [6.45, 7) is 7.25. The van der Waals surface area contributed by atoms with Crippen molar-refractivity contribution in [2.45, 2.75) is 31.8 Å². The van der Waals surface area contributed by atoms with Crippen LogP contribution >= 0.6 is 0 Å². The lowest BCUT2D eigenvalue weighted by atomic mass is 9.86. The van der Waals surface area contributed by atoms with Gasteiger partial charge in [-0.15, -0.1) is 0 Å². The number of phenols is 1. The Bertz CT molecular complexity index is 676. The highest BCUT2D eigenvalue weighted by Crippen LogP contribution is 2.30. The van der Waals surface area contributed by atoms with Gasteiger partial charge in [-0.05, 0) is 50.0 Å². The quantitative estimate of drug-likeness (QED) is 0.694. The molecule has 1 aromatic rings. The zero-order valence-electron chi connectivity index (χ0n) is 18.0. The van der Waals surface area contributed by atoms with Crippen LogP contribution in [0.1, 0.15) is 24.8 Å². The number of likely N-dealkylation sites (tertiary alicyclic amines) is 1. The minimum Gasteiger partial charge on any atom is -0.504 e. The number of carbonyl (C=O) groups excluding carboxylic acids is 1. The predicted octanol–water partition coefficient (Wildman–Crippen LogP) is 1.79. The summed E-state index contributed by atoms with van der Waals surface area (Å²) < 4.78 is 10.1. The molecule has 0 unspecified atom stereocenters. The van der Waals surface area contributed by atoms with Crippen molar-refractivity contribution in [3.05, 3.63) is 23.8 Å². The molecular weight excluding hydrogens is 370 g/mol. The van der Waals surface area contributed by atoms with E-state index in [1.165, 1.54) is 7.11 Å². The third kappa shape index (κ3) is 5.84. The number of phenolic OH excluding ortho intramolecular Hbond substituents is 1. The first-order chi connectivity index (χ1) is 14.0. The van der Waals surface area contributed by atoms with Crippen LogP contribution in [0.3, 0.4) is 0 Å². The van der Waals surface area contributed by atoms with Gasteiger partial charge >= 0.3 is 5.97 Å². The molecular formula is C22H35N3O4. The number of likely N-dealkylation sites (N-methyl/N-ethyl adjacent to an activating group) is 1. The number of esters is 1. The van der Waals surface area contributed by atoms with Crippen molar-refractivity contribution in [3.63, 3.8) is 0 Å². The van der Waals surface area contributed by atoms with Crippen LogP contribution < -0.4 is 4.74 Å². The van der Waals surface area contributed by atoms with Gasteiger partial charge in [-0.1, -0.05) is 6.07 Å². The minimum absolute atomic E-state index is 0.123. The lowest BCUT2D eigenvalue weighted by Gasteiger charge is -2.46. The molecule has 0 saturated carbocycles. The number of rotatable bonds is 7. The van der Waals surface area contributed by atoms with E-state index >= 15 is 0 Å². The zero-order valence-corrected chi connectivity index (χ0v) is 18.0. The first-order valence-electron chi connectivity index (χ1n) is 10.6. The number of hydrogen-bond donors (Lipinski definition) is 1. The van der Waals surface area contributed by atoms with Crippen molar-refractivity contribution in [2.24, 2.45) is 5.92 Å². The number of nitrogens with zero attached hydrogens (tertiary/aromatic N) is 3. The second-order valence-corrected chi connectivity index (χ2v) is 8.31.